The number of carbonyl (C=O) groups excluding carboxylic acids is 3. The van der Waals surface area contributed by atoms with Crippen molar-refractivity contribution in [2.75, 3.05) is 12.3 Å². The predicted octanol–water partition coefficient (Wildman–Crippen LogP) is 4.79. The van der Waals surface area contributed by atoms with E-state index in [9.17, 15) is 29.6 Å². The van der Waals surface area contributed by atoms with E-state index in [4.69, 9.17) is 10.3 Å². The van der Waals surface area contributed by atoms with Crippen molar-refractivity contribution in [3.63, 3.8) is 0 Å². The van der Waals surface area contributed by atoms with Crippen molar-refractivity contribution in [2.45, 2.75) is 38.4 Å². The number of aliphatic hydroxyl groups is 1. The largest absolute Gasteiger partial charge is 0.456 e. The predicted molar refractivity (Wildman–Crippen MR) is 176 cm³/mol. The molecule has 1 saturated heterocycles. The van der Waals surface area contributed by atoms with E-state index in [1.807, 2.05) is 6.92 Å². The minimum Gasteiger partial charge on any atom is -0.456 e. The molecular weight excluding hydrogens is 661 g/mol. The number of ketones is 1. The fourth-order valence-electron chi connectivity index (χ4n) is 6.06. The van der Waals surface area contributed by atoms with Crippen molar-refractivity contribution in [1.29, 1.82) is 0 Å². The van der Waals surface area contributed by atoms with Crippen LogP contribution >= 0.6 is 23.1 Å². The third kappa shape index (κ3) is 6.04. The van der Waals surface area contributed by atoms with Gasteiger partial charge in [-0.3, -0.25) is 29.1 Å². The molecule has 0 saturated carbocycles. The maximum absolute atomic E-state index is 13.7. The lowest BCUT2D eigenvalue weighted by Crippen LogP contribution is -2.63. The normalized spacial score (nSPS) is 19.1. The minimum atomic E-state index is -0.931. The van der Waals surface area contributed by atoms with Gasteiger partial charge < -0.3 is 14.7 Å². The monoisotopic (exact) mass is 688 g/mol. The first-order valence-corrected chi connectivity index (χ1v) is 16.8. The highest BCUT2D eigenvalue weighted by atomic mass is 32.2. The second kappa shape index (κ2) is 13.6. The number of nitro benzene ring substituents is 1. The van der Waals surface area contributed by atoms with Crippen LogP contribution in [0.15, 0.2) is 66.1 Å². The second-order valence-corrected chi connectivity index (χ2v) is 13.5. The van der Waals surface area contributed by atoms with Crippen molar-refractivity contribution in [3.05, 3.63) is 109 Å². The molecular formula is C31H28N8O7S2. The van der Waals surface area contributed by atoms with Crippen LogP contribution in [-0.2, 0) is 26.7 Å². The lowest BCUT2D eigenvalue weighted by atomic mass is 9.77. The van der Waals surface area contributed by atoms with Crippen LogP contribution < -0.4 is 0 Å². The number of benzene rings is 1. The standard InChI is InChI=1S/C31H28N8O7S2/c1-16-23(27(38-26(16)24(17(2)40)29(38)42)31(43)46-13-18-3-5-21(6-4-18)39(44)45)22-12-37-15-34-25(30(37)48-22)28(41)20-9-19(10-33-11-20)14-47-8-7-35-36-32/h3-6,9-12,15-17,24,26,40H,7-8,13-14H2,1-2H3/t16-,17+,24+,26+/m0/s1. The Morgan fingerprint density at radius 2 is 2.04 bits per heavy atom. The molecule has 6 rings (SSSR count). The molecule has 2 aliphatic rings. The summed E-state index contributed by atoms with van der Waals surface area (Å²) in [6.07, 6.45) is 5.48. The maximum Gasteiger partial charge on any atom is 0.355 e. The molecule has 15 nitrogen and oxygen atoms in total. The number of ether oxygens (including phenoxy) is 1. The Kier molecular flexibility index (Phi) is 9.28. The average Bonchev–Trinajstić information content (AvgIpc) is 3.73. The summed E-state index contributed by atoms with van der Waals surface area (Å²) in [6, 6.07) is 6.90. The number of esters is 1. The van der Waals surface area contributed by atoms with Crippen LogP contribution in [0.4, 0.5) is 5.69 Å². The topological polar surface area (TPSA) is 206 Å². The van der Waals surface area contributed by atoms with Gasteiger partial charge in [-0.15, -0.1) is 11.3 Å². The number of pyridine rings is 1. The molecule has 3 aromatic heterocycles. The van der Waals surface area contributed by atoms with Gasteiger partial charge >= 0.3 is 5.97 Å². The van der Waals surface area contributed by atoms with Crippen LogP contribution in [0.3, 0.4) is 0 Å². The Bertz CT molecular complexity index is 2020. The molecule has 0 radical (unpaired) electrons. The Hall–Kier alpha value is -5.09. The molecule has 0 aliphatic carbocycles. The van der Waals surface area contributed by atoms with Crippen molar-refractivity contribution in [2.24, 2.45) is 17.0 Å². The lowest BCUT2D eigenvalue weighted by Gasteiger charge is -2.46. The van der Waals surface area contributed by atoms with Gasteiger partial charge in [-0.05, 0) is 47.5 Å². The van der Waals surface area contributed by atoms with E-state index in [2.05, 4.69) is 20.0 Å². The second-order valence-electron chi connectivity index (χ2n) is 11.3. The van der Waals surface area contributed by atoms with E-state index in [1.54, 1.807) is 41.5 Å². The molecule has 4 atom stereocenters. The number of hydrogen-bond donors (Lipinski definition) is 1. The molecule has 4 aromatic rings. The number of thiazole rings is 1. The Morgan fingerprint density at radius 1 is 1.27 bits per heavy atom. The van der Waals surface area contributed by atoms with Gasteiger partial charge in [0, 0.05) is 65.0 Å². The molecule has 1 fully saturated rings. The van der Waals surface area contributed by atoms with E-state index < -0.39 is 29.0 Å². The first-order chi connectivity index (χ1) is 23.1. The maximum atomic E-state index is 13.7. The van der Waals surface area contributed by atoms with Gasteiger partial charge in [0.25, 0.3) is 5.69 Å². The van der Waals surface area contributed by atoms with Crippen LogP contribution in [0, 0.1) is 22.0 Å². The quantitative estimate of drug-likeness (QED) is 0.0234. The summed E-state index contributed by atoms with van der Waals surface area (Å²) in [4.78, 5) is 64.9. The molecule has 2 aliphatic heterocycles. The SMILES string of the molecule is C[C@@H](O)[C@H]1C(=O)N2C(C(=O)OCc3ccc([N+](=O)[O-])cc3)=C(c3cn4cnc(C(=O)c5cncc(CSCCN=[N+]=[N-])c5)c4s3)[C@H](C)[C@H]12. The minimum absolute atomic E-state index is 0.0662. The number of amides is 1. The summed E-state index contributed by atoms with van der Waals surface area (Å²) in [7, 11) is 0. The van der Waals surface area contributed by atoms with Gasteiger partial charge in [-0.2, -0.15) is 11.8 Å². The Labute approximate surface area is 281 Å². The molecule has 17 heteroatoms. The zero-order valence-electron chi connectivity index (χ0n) is 25.6. The first-order valence-electron chi connectivity index (χ1n) is 14.8. The number of rotatable bonds is 13. The highest BCUT2D eigenvalue weighted by Gasteiger charge is 2.60. The zero-order valence-corrected chi connectivity index (χ0v) is 27.3. The van der Waals surface area contributed by atoms with E-state index in [0.29, 0.717) is 44.5 Å². The molecule has 1 amide bonds. The first kappa shape index (κ1) is 32.8. The zero-order chi connectivity index (χ0) is 34.1. The molecule has 0 bridgehead atoms. The number of nitro groups is 1. The van der Waals surface area contributed by atoms with E-state index >= 15 is 0 Å². The van der Waals surface area contributed by atoms with Crippen LogP contribution in [0.1, 0.15) is 45.9 Å². The van der Waals surface area contributed by atoms with Crippen molar-refractivity contribution < 1.29 is 29.2 Å². The van der Waals surface area contributed by atoms with Gasteiger partial charge in [-0.1, -0.05) is 12.0 Å². The number of non-ortho nitro benzene ring substituents is 1. The number of azide groups is 1. The van der Waals surface area contributed by atoms with Crippen molar-refractivity contribution in [3.8, 4) is 0 Å². The van der Waals surface area contributed by atoms with Crippen molar-refractivity contribution in [1.82, 2.24) is 19.3 Å². The number of aromatic nitrogens is 3. The van der Waals surface area contributed by atoms with Crippen LogP contribution in [0.5, 0.6) is 0 Å². The molecule has 48 heavy (non-hydrogen) atoms. The number of imidazole rings is 1. The number of fused-ring (bicyclic) bond motifs is 2. The summed E-state index contributed by atoms with van der Waals surface area (Å²) in [5, 5.41) is 24.9. The molecule has 0 unspecified atom stereocenters. The van der Waals surface area contributed by atoms with Gasteiger partial charge in [-0.25, -0.2) is 9.78 Å². The Balaban J connectivity index is 1.29. The van der Waals surface area contributed by atoms with Gasteiger partial charge in [0.05, 0.1) is 27.9 Å². The third-order valence-electron chi connectivity index (χ3n) is 8.30. The molecule has 5 heterocycles. The van der Waals surface area contributed by atoms with Crippen LogP contribution in [0.2, 0.25) is 0 Å². The number of thioether (sulfide) groups is 1. The highest BCUT2D eigenvalue weighted by molar-refractivity contribution is 7.98. The number of aliphatic hydroxyl groups excluding tert-OH is 1. The summed E-state index contributed by atoms with van der Waals surface area (Å²) >= 11 is 2.80. The third-order valence-corrected chi connectivity index (χ3v) is 10.5. The van der Waals surface area contributed by atoms with Gasteiger partial charge in [0.15, 0.2) is 0 Å². The molecule has 1 aromatic carbocycles. The van der Waals surface area contributed by atoms with E-state index in [-0.39, 0.29) is 41.3 Å². The number of hydrogen-bond acceptors (Lipinski definition) is 12. The molecule has 0 spiro atoms. The summed E-state index contributed by atoms with van der Waals surface area (Å²) in [5.41, 5.74) is 10.9. The van der Waals surface area contributed by atoms with Gasteiger partial charge in [0.2, 0.25) is 11.7 Å². The smallest absolute Gasteiger partial charge is 0.355 e. The summed E-state index contributed by atoms with van der Waals surface area (Å²) in [6.45, 7) is 3.61. The van der Waals surface area contributed by atoms with Crippen molar-refractivity contribution >= 4 is 56.8 Å². The van der Waals surface area contributed by atoms with Crippen LogP contribution in [-0.4, -0.2) is 71.4 Å². The fourth-order valence-corrected chi connectivity index (χ4v) is 8.02. The van der Waals surface area contributed by atoms with Crippen LogP contribution in [0.25, 0.3) is 20.8 Å². The summed E-state index contributed by atoms with van der Waals surface area (Å²) in [5.74, 6) is -1.30. The number of carbonyl (C=O) groups is 3. The van der Waals surface area contributed by atoms with Gasteiger partial charge in [0.1, 0.15) is 29.2 Å². The van der Waals surface area contributed by atoms with E-state index in [1.165, 1.54) is 53.0 Å². The number of nitrogens with zero attached hydrogens (tertiary/aromatic N) is 8. The molecule has 246 valence electrons. The summed E-state index contributed by atoms with van der Waals surface area (Å²) < 4.78 is 7.32. The number of β-lactam (4-membered cyclic amide) rings is 1. The van der Waals surface area contributed by atoms with E-state index in [0.717, 1.165) is 5.56 Å². The fraction of sp³-hybridized carbons (Fsp3) is 0.323. The lowest BCUT2D eigenvalue weighted by molar-refractivity contribution is -0.384. The highest BCUT2D eigenvalue weighted by Crippen LogP contribution is 2.52. The molecule has 1 N–H and O–H groups in total. The average molecular weight is 689 g/mol. The Morgan fingerprint density at radius 3 is 2.75 bits per heavy atom.